The number of ether oxygens (including phenoxy) is 1. The minimum atomic E-state index is -0.844. The van der Waals surface area contributed by atoms with Gasteiger partial charge in [-0.25, -0.2) is 4.79 Å². The van der Waals surface area contributed by atoms with Crippen LogP contribution in [0, 0.1) is 28.6 Å². The largest absolute Gasteiger partial charge is 0.461 e. The summed E-state index contributed by atoms with van der Waals surface area (Å²) in [6.45, 7) is 2.42. The van der Waals surface area contributed by atoms with Crippen molar-refractivity contribution in [2.45, 2.75) is 19.9 Å². The van der Waals surface area contributed by atoms with Gasteiger partial charge in [-0.05, 0) is 36.2 Å². The van der Waals surface area contributed by atoms with Gasteiger partial charge in [0.15, 0.2) is 0 Å². The molecule has 5 nitrogen and oxygen atoms in total. The molecule has 0 radical (unpaired) electrons. The highest BCUT2D eigenvalue weighted by Gasteiger charge is 2.25. The number of para-hydroxylation sites is 1. The lowest BCUT2D eigenvalue weighted by Gasteiger charge is -2.12. The third-order valence-corrected chi connectivity index (χ3v) is 4.77. The van der Waals surface area contributed by atoms with E-state index in [4.69, 9.17) is 16.3 Å². The Balaban J connectivity index is 2.21. The van der Waals surface area contributed by atoms with Gasteiger partial charge < -0.3 is 9.30 Å². The van der Waals surface area contributed by atoms with Crippen molar-refractivity contribution < 1.29 is 9.53 Å². The standard InChI is InChI=1S/C22H18ClN3O2/c1-2-28-22(27)21-19(11-16(12-24)13-25)18-5-3-4-6-20(18)26(21)14-15-7-9-17(23)10-8-15/h3-10,16H,2,11,14H2,1H3. The van der Waals surface area contributed by atoms with Gasteiger partial charge in [-0.1, -0.05) is 41.9 Å². The van der Waals surface area contributed by atoms with E-state index in [0.717, 1.165) is 16.5 Å². The Kier molecular flexibility index (Phi) is 5.99. The molecule has 3 aromatic rings. The predicted molar refractivity (Wildman–Crippen MR) is 107 cm³/mol. The van der Waals surface area contributed by atoms with Gasteiger partial charge in [-0.3, -0.25) is 0 Å². The van der Waals surface area contributed by atoms with Crippen LogP contribution < -0.4 is 0 Å². The number of rotatable bonds is 6. The van der Waals surface area contributed by atoms with Gasteiger partial charge in [0.25, 0.3) is 0 Å². The van der Waals surface area contributed by atoms with Crippen molar-refractivity contribution in [1.82, 2.24) is 4.57 Å². The molecule has 0 fully saturated rings. The fourth-order valence-electron chi connectivity index (χ4n) is 3.28. The van der Waals surface area contributed by atoms with E-state index in [0.29, 0.717) is 22.8 Å². The van der Waals surface area contributed by atoms with Crippen LogP contribution in [0.3, 0.4) is 0 Å². The Labute approximate surface area is 168 Å². The number of hydrogen-bond donors (Lipinski definition) is 0. The quantitative estimate of drug-likeness (QED) is 0.569. The Morgan fingerprint density at radius 2 is 1.82 bits per heavy atom. The molecule has 0 N–H and O–H groups in total. The molecule has 6 heteroatoms. The van der Waals surface area contributed by atoms with Crippen LogP contribution in [0.15, 0.2) is 48.5 Å². The second-order valence-corrected chi connectivity index (χ2v) is 6.73. The molecule has 1 aromatic heterocycles. The summed E-state index contributed by atoms with van der Waals surface area (Å²) in [4.78, 5) is 12.8. The third kappa shape index (κ3) is 3.86. The maximum absolute atomic E-state index is 12.8. The molecule has 2 aromatic carbocycles. The van der Waals surface area contributed by atoms with Crippen molar-refractivity contribution in [3.8, 4) is 12.1 Å². The number of nitrogens with zero attached hydrogens (tertiary/aromatic N) is 3. The molecular weight excluding hydrogens is 374 g/mol. The predicted octanol–water partition coefficient (Wildman–Crippen LogP) is 4.73. The van der Waals surface area contributed by atoms with E-state index in [1.165, 1.54) is 0 Å². The molecule has 140 valence electrons. The average molecular weight is 392 g/mol. The smallest absolute Gasteiger partial charge is 0.355 e. The van der Waals surface area contributed by atoms with Crippen molar-refractivity contribution in [1.29, 1.82) is 10.5 Å². The Bertz CT molecular complexity index is 1070. The molecule has 3 rings (SSSR count). The second-order valence-electron chi connectivity index (χ2n) is 6.29. The zero-order valence-electron chi connectivity index (χ0n) is 15.4. The number of nitriles is 2. The lowest BCUT2D eigenvalue weighted by Crippen LogP contribution is -2.16. The van der Waals surface area contributed by atoms with Crippen molar-refractivity contribution in [3.63, 3.8) is 0 Å². The molecule has 1 heterocycles. The van der Waals surface area contributed by atoms with Crippen molar-refractivity contribution >= 4 is 28.5 Å². The number of halogens is 1. The Morgan fingerprint density at radius 3 is 2.46 bits per heavy atom. The summed E-state index contributed by atoms with van der Waals surface area (Å²) in [5.41, 5.74) is 2.87. The van der Waals surface area contributed by atoms with Crippen LogP contribution in [0.25, 0.3) is 10.9 Å². The number of esters is 1. The highest BCUT2D eigenvalue weighted by atomic mass is 35.5. The fraction of sp³-hybridized carbons (Fsp3) is 0.227. The molecule has 0 atom stereocenters. The van der Waals surface area contributed by atoms with Crippen LogP contribution in [-0.4, -0.2) is 17.1 Å². The van der Waals surface area contributed by atoms with Gasteiger partial charge in [0, 0.05) is 28.9 Å². The van der Waals surface area contributed by atoms with Crippen molar-refractivity contribution in [2.24, 2.45) is 5.92 Å². The number of fused-ring (bicyclic) bond motifs is 1. The number of aromatic nitrogens is 1. The van der Waals surface area contributed by atoms with Crippen LogP contribution in [0.4, 0.5) is 0 Å². The normalized spacial score (nSPS) is 10.6. The first-order chi connectivity index (χ1) is 13.6. The minimum Gasteiger partial charge on any atom is -0.461 e. The van der Waals surface area contributed by atoms with Crippen molar-refractivity contribution in [3.05, 3.63) is 70.4 Å². The van der Waals surface area contributed by atoms with Gasteiger partial charge in [0.05, 0.1) is 18.7 Å². The Hall–Kier alpha value is -3.28. The third-order valence-electron chi connectivity index (χ3n) is 4.52. The first-order valence-electron chi connectivity index (χ1n) is 8.90. The van der Waals surface area contributed by atoms with Crippen LogP contribution in [0.5, 0.6) is 0 Å². The number of carbonyl (C=O) groups excluding carboxylic acids is 1. The zero-order chi connectivity index (χ0) is 20.1. The highest BCUT2D eigenvalue weighted by Crippen LogP contribution is 2.30. The highest BCUT2D eigenvalue weighted by molar-refractivity contribution is 6.30. The summed E-state index contributed by atoms with van der Waals surface area (Å²) in [7, 11) is 0. The van der Waals surface area contributed by atoms with E-state index in [1.54, 1.807) is 19.1 Å². The van der Waals surface area contributed by atoms with Gasteiger partial charge in [0.2, 0.25) is 0 Å². The molecule has 0 spiro atoms. The van der Waals surface area contributed by atoms with Crippen LogP contribution in [0.1, 0.15) is 28.5 Å². The fourth-order valence-corrected chi connectivity index (χ4v) is 3.40. The number of carbonyl (C=O) groups is 1. The molecule has 0 aliphatic carbocycles. The minimum absolute atomic E-state index is 0.162. The van der Waals surface area contributed by atoms with E-state index in [-0.39, 0.29) is 13.0 Å². The zero-order valence-corrected chi connectivity index (χ0v) is 16.1. The Morgan fingerprint density at radius 1 is 1.14 bits per heavy atom. The van der Waals surface area contributed by atoms with Crippen LogP contribution in [-0.2, 0) is 17.7 Å². The first kappa shape index (κ1) is 19.5. The summed E-state index contributed by atoms with van der Waals surface area (Å²) in [6.07, 6.45) is 0.162. The van der Waals surface area contributed by atoms with Crippen molar-refractivity contribution in [2.75, 3.05) is 6.61 Å². The molecule has 28 heavy (non-hydrogen) atoms. The summed E-state index contributed by atoms with van der Waals surface area (Å²) in [5, 5.41) is 20.0. The van der Waals surface area contributed by atoms with Gasteiger partial charge in [-0.15, -0.1) is 0 Å². The van der Waals surface area contributed by atoms with Crippen LogP contribution >= 0.6 is 11.6 Å². The lowest BCUT2D eigenvalue weighted by molar-refractivity contribution is 0.0513. The molecule has 0 saturated carbocycles. The van der Waals surface area contributed by atoms with E-state index < -0.39 is 11.9 Å². The summed E-state index contributed by atoms with van der Waals surface area (Å²) < 4.78 is 7.18. The van der Waals surface area contributed by atoms with Gasteiger partial charge >= 0.3 is 5.97 Å². The number of benzene rings is 2. The first-order valence-corrected chi connectivity index (χ1v) is 9.27. The van der Waals surface area contributed by atoms with E-state index in [2.05, 4.69) is 0 Å². The monoisotopic (exact) mass is 391 g/mol. The van der Waals surface area contributed by atoms with E-state index in [1.807, 2.05) is 53.1 Å². The maximum atomic E-state index is 12.8. The van der Waals surface area contributed by atoms with Crippen LogP contribution in [0.2, 0.25) is 5.02 Å². The molecule has 0 aliphatic heterocycles. The second kappa shape index (κ2) is 8.61. The van der Waals surface area contributed by atoms with Gasteiger partial charge in [-0.2, -0.15) is 10.5 Å². The molecule has 0 bridgehead atoms. The SMILES string of the molecule is CCOC(=O)c1c(CC(C#N)C#N)c2ccccc2n1Cc1ccc(Cl)cc1. The number of hydrogen-bond acceptors (Lipinski definition) is 4. The summed E-state index contributed by atoms with van der Waals surface area (Å²) in [5.74, 6) is -1.31. The molecule has 0 unspecified atom stereocenters. The summed E-state index contributed by atoms with van der Waals surface area (Å²) >= 11 is 5.98. The van der Waals surface area contributed by atoms with E-state index in [9.17, 15) is 15.3 Å². The molecule has 0 aliphatic rings. The maximum Gasteiger partial charge on any atom is 0.355 e. The lowest BCUT2D eigenvalue weighted by atomic mass is 9.99. The average Bonchev–Trinajstić information content (AvgIpc) is 3.01. The van der Waals surface area contributed by atoms with E-state index >= 15 is 0 Å². The summed E-state index contributed by atoms with van der Waals surface area (Å²) in [6, 6.07) is 19.0. The molecular formula is C22H18ClN3O2. The molecule has 0 saturated heterocycles. The topological polar surface area (TPSA) is 78.8 Å². The van der Waals surface area contributed by atoms with Gasteiger partial charge in [0.1, 0.15) is 11.6 Å². The molecule has 0 amide bonds.